The van der Waals surface area contributed by atoms with E-state index in [1.54, 1.807) is 0 Å². The Bertz CT molecular complexity index is 152. The van der Waals surface area contributed by atoms with Crippen LogP contribution in [0.2, 0.25) is 0 Å². The molecule has 1 heteroatoms. The molecule has 0 aromatic carbocycles. The van der Waals surface area contributed by atoms with E-state index in [0.717, 1.165) is 12.1 Å². The summed E-state index contributed by atoms with van der Waals surface area (Å²) in [4.78, 5) is 4.10. The Morgan fingerprint density at radius 3 is 3.00 bits per heavy atom. The first kappa shape index (κ1) is 5.29. The van der Waals surface area contributed by atoms with Gasteiger partial charge in [-0.2, -0.15) is 0 Å². The summed E-state index contributed by atoms with van der Waals surface area (Å²) in [7, 11) is 0. The number of hydrogen-bond donors (Lipinski definition) is 0. The molecule has 0 saturated carbocycles. The maximum absolute atomic E-state index is 4.10. The highest BCUT2D eigenvalue weighted by molar-refractivity contribution is 5.73. The van der Waals surface area contributed by atoms with Crippen molar-refractivity contribution < 1.29 is 0 Å². The molecule has 0 amide bonds. The molecule has 0 spiro atoms. The standard InChI is InChI=1S/C7H9N/c1-2-7-5-3-4-6-8-7/h2-4,6H,5H2,1H3/b7-2+. The van der Waals surface area contributed by atoms with Crippen LogP contribution in [0.5, 0.6) is 0 Å². The number of dihydropyridines is 1. The van der Waals surface area contributed by atoms with Crippen LogP contribution in [0.4, 0.5) is 0 Å². The summed E-state index contributed by atoms with van der Waals surface area (Å²) in [5, 5.41) is 0. The average Bonchev–Trinajstić information content (AvgIpc) is 1.90. The minimum atomic E-state index is 0.993. The summed E-state index contributed by atoms with van der Waals surface area (Å²) in [5.41, 5.74) is 1.16. The van der Waals surface area contributed by atoms with Crippen molar-refractivity contribution in [3.63, 3.8) is 0 Å². The fourth-order valence-corrected chi connectivity index (χ4v) is 0.634. The van der Waals surface area contributed by atoms with Gasteiger partial charge in [0.25, 0.3) is 0 Å². The van der Waals surface area contributed by atoms with E-state index in [9.17, 15) is 0 Å². The van der Waals surface area contributed by atoms with Crippen LogP contribution in [0, 0.1) is 0 Å². The van der Waals surface area contributed by atoms with E-state index >= 15 is 0 Å². The lowest BCUT2D eigenvalue weighted by Gasteiger charge is -1.96. The van der Waals surface area contributed by atoms with Crippen LogP contribution in [0.15, 0.2) is 28.9 Å². The van der Waals surface area contributed by atoms with Gasteiger partial charge < -0.3 is 0 Å². The van der Waals surface area contributed by atoms with Crippen molar-refractivity contribution in [1.82, 2.24) is 0 Å². The van der Waals surface area contributed by atoms with Gasteiger partial charge in [0.1, 0.15) is 0 Å². The summed E-state index contributed by atoms with van der Waals surface area (Å²) < 4.78 is 0. The molecule has 0 aliphatic carbocycles. The molecule has 0 unspecified atom stereocenters. The van der Waals surface area contributed by atoms with Crippen LogP contribution in [-0.4, -0.2) is 6.21 Å². The molecule has 0 aromatic rings. The first-order valence-electron chi connectivity index (χ1n) is 2.78. The number of nitrogens with zero attached hydrogens (tertiary/aromatic N) is 1. The molecule has 0 saturated heterocycles. The number of aliphatic imine (C=N–C) groups is 1. The summed E-state index contributed by atoms with van der Waals surface area (Å²) in [6.45, 7) is 2.01. The van der Waals surface area contributed by atoms with E-state index in [1.807, 2.05) is 25.3 Å². The Balaban J connectivity index is 2.66. The molecule has 0 aromatic heterocycles. The SMILES string of the molecule is C/C=C1\CC=CC=N1. The molecule has 1 aliphatic rings. The molecule has 0 bridgehead atoms. The number of allylic oxidation sites excluding steroid dienone is 3. The Morgan fingerprint density at radius 2 is 2.62 bits per heavy atom. The highest BCUT2D eigenvalue weighted by atomic mass is 14.7. The topological polar surface area (TPSA) is 12.4 Å². The van der Waals surface area contributed by atoms with Crippen molar-refractivity contribution >= 4 is 6.21 Å². The first-order valence-corrected chi connectivity index (χ1v) is 2.78. The molecule has 0 radical (unpaired) electrons. The second kappa shape index (κ2) is 2.46. The van der Waals surface area contributed by atoms with E-state index in [0.29, 0.717) is 0 Å². The van der Waals surface area contributed by atoms with E-state index < -0.39 is 0 Å². The van der Waals surface area contributed by atoms with Crippen LogP contribution < -0.4 is 0 Å². The average molecular weight is 107 g/mol. The van der Waals surface area contributed by atoms with E-state index in [2.05, 4.69) is 11.1 Å². The molecule has 1 heterocycles. The normalized spacial score (nSPS) is 22.4. The second-order valence-corrected chi connectivity index (χ2v) is 1.69. The van der Waals surface area contributed by atoms with Crippen molar-refractivity contribution in [3.05, 3.63) is 23.9 Å². The monoisotopic (exact) mass is 107 g/mol. The van der Waals surface area contributed by atoms with Crippen LogP contribution in [0.3, 0.4) is 0 Å². The Hall–Kier alpha value is -0.850. The molecule has 8 heavy (non-hydrogen) atoms. The maximum Gasteiger partial charge on any atom is 0.0398 e. The fraction of sp³-hybridized carbons (Fsp3) is 0.286. The third-order valence-electron chi connectivity index (χ3n) is 1.12. The van der Waals surface area contributed by atoms with Crippen LogP contribution in [-0.2, 0) is 0 Å². The number of rotatable bonds is 0. The molecule has 0 fully saturated rings. The molecule has 1 rings (SSSR count). The van der Waals surface area contributed by atoms with Gasteiger partial charge in [-0.25, -0.2) is 0 Å². The van der Waals surface area contributed by atoms with Crippen molar-refractivity contribution in [2.45, 2.75) is 13.3 Å². The predicted molar refractivity (Wildman–Crippen MR) is 36.0 cm³/mol. The Labute approximate surface area is 49.4 Å². The third-order valence-corrected chi connectivity index (χ3v) is 1.12. The van der Waals surface area contributed by atoms with Gasteiger partial charge in [-0.15, -0.1) is 0 Å². The van der Waals surface area contributed by atoms with Gasteiger partial charge in [-0.05, 0) is 13.0 Å². The van der Waals surface area contributed by atoms with Gasteiger partial charge in [-0.1, -0.05) is 12.2 Å². The minimum Gasteiger partial charge on any atom is -0.261 e. The lowest BCUT2D eigenvalue weighted by atomic mass is 10.2. The fourth-order valence-electron chi connectivity index (χ4n) is 0.634. The molecular formula is C7H9N. The number of hydrogen-bond acceptors (Lipinski definition) is 1. The van der Waals surface area contributed by atoms with Gasteiger partial charge in [-0.3, -0.25) is 4.99 Å². The van der Waals surface area contributed by atoms with Crippen LogP contribution >= 0.6 is 0 Å². The van der Waals surface area contributed by atoms with Gasteiger partial charge in [0.15, 0.2) is 0 Å². The second-order valence-electron chi connectivity index (χ2n) is 1.69. The molecular weight excluding hydrogens is 98.1 g/mol. The Kier molecular flexibility index (Phi) is 1.62. The van der Waals surface area contributed by atoms with Crippen molar-refractivity contribution in [2.24, 2.45) is 4.99 Å². The molecule has 42 valence electrons. The lowest BCUT2D eigenvalue weighted by Crippen LogP contribution is -1.81. The summed E-state index contributed by atoms with van der Waals surface area (Å²) >= 11 is 0. The minimum absolute atomic E-state index is 0.993. The molecule has 1 aliphatic heterocycles. The van der Waals surface area contributed by atoms with Gasteiger partial charge in [0.05, 0.1) is 0 Å². The zero-order valence-corrected chi connectivity index (χ0v) is 4.96. The molecule has 0 N–H and O–H groups in total. The largest absolute Gasteiger partial charge is 0.261 e. The third kappa shape index (κ3) is 1.06. The van der Waals surface area contributed by atoms with Crippen molar-refractivity contribution in [1.29, 1.82) is 0 Å². The highest BCUT2D eigenvalue weighted by Crippen LogP contribution is 2.05. The predicted octanol–water partition coefficient (Wildman–Crippen LogP) is 1.92. The summed E-state index contributed by atoms with van der Waals surface area (Å²) in [6, 6.07) is 0. The van der Waals surface area contributed by atoms with E-state index in [1.165, 1.54) is 0 Å². The van der Waals surface area contributed by atoms with Gasteiger partial charge in [0, 0.05) is 18.3 Å². The molecule has 0 atom stereocenters. The van der Waals surface area contributed by atoms with E-state index in [-0.39, 0.29) is 0 Å². The van der Waals surface area contributed by atoms with Gasteiger partial charge in [0.2, 0.25) is 0 Å². The zero-order chi connectivity index (χ0) is 5.82. The van der Waals surface area contributed by atoms with E-state index in [4.69, 9.17) is 0 Å². The maximum atomic E-state index is 4.10. The quantitative estimate of drug-likeness (QED) is 0.448. The Morgan fingerprint density at radius 1 is 1.75 bits per heavy atom. The lowest BCUT2D eigenvalue weighted by molar-refractivity contribution is 1.15. The zero-order valence-electron chi connectivity index (χ0n) is 4.96. The smallest absolute Gasteiger partial charge is 0.0398 e. The van der Waals surface area contributed by atoms with Crippen molar-refractivity contribution in [2.75, 3.05) is 0 Å². The van der Waals surface area contributed by atoms with Crippen molar-refractivity contribution in [3.8, 4) is 0 Å². The highest BCUT2D eigenvalue weighted by Gasteiger charge is 1.89. The molecule has 1 nitrogen and oxygen atoms in total. The van der Waals surface area contributed by atoms with Gasteiger partial charge >= 0.3 is 0 Å². The van der Waals surface area contributed by atoms with Crippen LogP contribution in [0.1, 0.15) is 13.3 Å². The van der Waals surface area contributed by atoms with Crippen LogP contribution in [0.25, 0.3) is 0 Å². The summed E-state index contributed by atoms with van der Waals surface area (Å²) in [6.07, 6.45) is 8.90. The summed E-state index contributed by atoms with van der Waals surface area (Å²) in [5.74, 6) is 0. The first-order chi connectivity index (χ1) is 3.93.